The first kappa shape index (κ1) is 13.9. The number of hydrogen-bond donors (Lipinski definition) is 2. The molecule has 1 atom stereocenters. The van der Waals surface area contributed by atoms with Crippen LogP contribution in [0.3, 0.4) is 0 Å². The highest BCUT2D eigenvalue weighted by Crippen LogP contribution is 2.39. The van der Waals surface area contributed by atoms with Crippen molar-refractivity contribution in [2.45, 2.75) is 5.92 Å². The molecule has 1 aliphatic rings. The Morgan fingerprint density at radius 3 is 2.41 bits per heavy atom. The predicted molar refractivity (Wildman–Crippen MR) is 86.7 cm³/mol. The van der Waals surface area contributed by atoms with E-state index in [-0.39, 0.29) is 10.9 Å². The summed E-state index contributed by atoms with van der Waals surface area (Å²) in [5.74, 6) is -0.320. The fourth-order valence-corrected chi connectivity index (χ4v) is 3.01. The van der Waals surface area contributed by atoms with Gasteiger partial charge < -0.3 is 23.7 Å². The maximum absolute atomic E-state index is 9.48. The van der Waals surface area contributed by atoms with E-state index in [4.69, 9.17) is 18.4 Å². The van der Waals surface area contributed by atoms with E-state index in [1.54, 1.807) is 0 Å². The average Bonchev–Trinajstić information content (AvgIpc) is 2.54. The Bertz CT molecular complexity index is 871. The van der Waals surface area contributed by atoms with Gasteiger partial charge in [-0.15, -0.1) is 0 Å². The van der Waals surface area contributed by atoms with Crippen LogP contribution < -0.4 is 11.1 Å². The third-order valence-corrected chi connectivity index (χ3v) is 4.06. The van der Waals surface area contributed by atoms with Crippen LogP contribution in [-0.2, 0) is 12.6 Å². The van der Waals surface area contributed by atoms with E-state index in [0.717, 1.165) is 16.3 Å². The van der Waals surface area contributed by atoms with Crippen molar-refractivity contribution >= 4 is 23.4 Å². The lowest BCUT2D eigenvalue weighted by atomic mass is 9.82. The summed E-state index contributed by atoms with van der Waals surface area (Å²) >= 11 is 5.21. The number of fused-ring (bicyclic) bond motifs is 1. The van der Waals surface area contributed by atoms with Gasteiger partial charge in [0.25, 0.3) is 0 Å². The first-order chi connectivity index (χ1) is 10.7. The van der Waals surface area contributed by atoms with E-state index >= 15 is 0 Å². The number of nitriles is 2. The molecule has 1 heterocycles. The zero-order valence-electron chi connectivity index (χ0n) is 11.5. The summed E-state index contributed by atoms with van der Waals surface area (Å²) in [5.41, 5.74) is 7.43. The monoisotopic (exact) mass is 303 g/mol. The van der Waals surface area contributed by atoms with E-state index in [0.29, 0.717) is 11.1 Å². The molecule has 0 bridgehead atoms. The van der Waals surface area contributed by atoms with Crippen LogP contribution in [0.1, 0.15) is 11.5 Å². The predicted octanol–water partition coefficient (Wildman–Crippen LogP) is 2.50. The standard InChI is InChI=1S/C17H12N4S/c18-8-13-15(14(9-19)17(22)21-16(13)20)12-7-3-5-10-4-1-2-6-11(10)12/h1-7,15,21-22H,20H2/p-1. The van der Waals surface area contributed by atoms with E-state index in [1.807, 2.05) is 42.5 Å². The van der Waals surface area contributed by atoms with Crippen molar-refractivity contribution in [3.8, 4) is 12.1 Å². The molecule has 106 valence electrons. The highest BCUT2D eigenvalue weighted by Gasteiger charge is 2.29. The third kappa shape index (κ3) is 2.05. The Morgan fingerprint density at radius 1 is 1.00 bits per heavy atom. The molecule has 5 heteroatoms. The minimum Gasteiger partial charge on any atom is -0.761 e. The molecular formula is C17H11N4S-. The van der Waals surface area contributed by atoms with Crippen LogP contribution >= 0.6 is 0 Å². The number of allylic oxidation sites excluding steroid dienone is 2. The van der Waals surface area contributed by atoms with Crippen molar-refractivity contribution in [2.24, 2.45) is 5.73 Å². The van der Waals surface area contributed by atoms with Crippen molar-refractivity contribution in [1.82, 2.24) is 5.32 Å². The molecule has 3 rings (SSSR count). The molecule has 0 spiro atoms. The summed E-state index contributed by atoms with van der Waals surface area (Å²) in [4.78, 5) is 0. The normalized spacial score (nSPS) is 17.8. The Kier molecular flexibility index (Phi) is 3.42. The van der Waals surface area contributed by atoms with E-state index in [1.165, 1.54) is 0 Å². The molecule has 2 aromatic carbocycles. The Labute approximate surface area is 133 Å². The second-order valence-electron chi connectivity index (χ2n) is 4.92. The number of benzene rings is 2. The van der Waals surface area contributed by atoms with Crippen LogP contribution in [0.2, 0.25) is 0 Å². The second kappa shape index (κ2) is 5.40. The lowest BCUT2D eigenvalue weighted by molar-refractivity contribution is 0.845. The Balaban J connectivity index is 2.33. The Hall–Kier alpha value is -3.02. The highest BCUT2D eigenvalue weighted by atomic mass is 32.1. The number of dihydropyridines is 1. The lowest BCUT2D eigenvalue weighted by Crippen LogP contribution is -2.29. The zero-order valence-corrected chi connectivity index (χ0v) is 12.3. The second-order valence-corrected chi connectivity index (χ2v) is 5.33. The first-order valence-corrected chi connectivity index (χ1v) is 7.04. The molecule has 0 saturated carbocycles. The van der Waals surface area contributed by atoms with Crippen molar-refractivity contribution < 1.29 is 0 Å². The summed E-state index contributed by atoms with van der Waals surface area (Å²) in [6.07, 6.45) is 0. The van der Waals surface area contributed by atoms with Gasteiger partial charge in [0.15, 0.2) is 0 Å². The first-order valence-electron chi connectivity index (χ1n) is 6.63. The molecule has 0 amide bonds. The molecule has 1 aliphatic heterocycles. The van der Waals surface area contributed by atoms with Gasteiger partial charge in [-0.2, -0.15) is 10.5 Å². The lowest BCUT2D eigenvalue weighted by Gasteiger charge is -2.31. The fraction of sp³-hybridized carbons (Fsp3) is 0.0588. The van der Waals surface area contributed by atoms with Crippen molar-refractivity contribution in [2.75, 3.05) is 0 Å². The largest absolute Gasteiger partial charge is 0.761 e. The van der Waals surface area contributed by atoms with E-state index in [9.17, 15) is 10.5 Å². The summed E-state index contributed by atoms with van der Waals surface area (Å²) in [6, 6.07) is 17.9. The van der Waals surface area contributed by atoms with Crippen LogP contribution in [0.25, 0.3) is 10.8 Å². The van der Waals surface area contributed by atoms with Crippen LogP contribution in [0.15, 0.2) is 64.5 Å². The highest BCUT2D eigenvalue weighted by molar-refractivity contribution is 7.63. The number of rotatable bonds is 1. The van der Waals surface area contributed by atoms with Gasteiger partial charge in [0, 0.05) is 5.57 Å². The zero-order chi connectivity index (χ0) is 15.7. The van der Waals surface area contributed by atoms with Gasteiger partial charge in [0.1, 0.15) is 5.82 Å². The minimum absolute atomic E-state index is 0.212. The molecule has 0 fully saturated rings. The van der Waals surface area contributed by atoms with Gasteiger partial charge in [0.05, 0.1) is 23.6 Å². The molecule has 0 aromatic heterocycles. The number of nitrogens with zero attached hydrogens (tertiary/aromatic N) is 2. The number of nitrogens with two attached hydrogens (primary N) is 1. The topological polar surface area (TPSA) is 85.6 Å². The maximum Gasteiger partial charge on any atom is 0.114 e. The number of hydrogen-bond acceptors (Lipinski definition) is 5. The number of nitrogens with one attached hydrogen (secondary N) is 1. The summed E-state index contributed by atoms with van der Waals surface area (Å²) in [5, 5.41) is 24.0. The van der Waals surface area contributed by atoms with E-state index < -0.39 is 5.92 Å². The molecular weight excluding hydrogens is 292 g/mol. The van der Waals surface area contributed by atoms with Crippen LogP contribution in [0.4, 0.5) is 0 Å². The van der Waals surface area contributed by atoms with Gasteiger partial charge >= 0.3 is 0 Å². The van der Waals surface area contributed by atoms with Gasteiger partial charge in [-0.3, -0.25) is 0 Å². The summed E-state index contributed by atoms with van der Waals surface area (Å²) in [7, 11) is 0. The molecule has 0 saturated heterocycles. The third-order valence-electron chi connectivity index (χ3n) is 3.74. The van der Waals surface area contributed by atoms with Gasteiger partial charge in [-0.05, 0) is 16.3 Å². The minimum atomic E-state index is -0.533. The quantitative estimate of drug-likeness (QED) is 0.791. The molecule has 3 N–H and O–H groups in total. The van der Waals surface area contributed by atoms with Gasteiger partial charge in [-0.25, -0.2) is 0 Å². The van der Waals surface area contributed by atoms with Crippen LogP contribution in [0, 0.1) is 22.7 Å². The molecule has 0 radical (unpaired) electrons. The smallest absolute Gasteiger partial charge is 0.114 e. The molecule has 1 unspecified atom stereocenters. The van der Waals surface area contributed by atoms with Gasteiger partial charge in [-0.1, -0.05) is 47.5 Å². The van der Waals surface area contributed by atoms with Crippen LogP contribution in [-0.4, -0.2) is 0 Å². The van der Waals surface area contributed by atoms with Crippen LogP contribution in [0.5, 0.6) is 0 Å². The molecule has 0 aliphatic carbocycles. The van der Waals surface area contributed by atoms with E-state index in [2.05, 4.69) is 17.5 Å². The van der Waals surface area contributed by atoms with Crippen molar-refractivity contribution in [3.05, 3.63) is 70.0 Å². The fourth-order valence-electron chi connectivity index (χ4n) is 2.74. The average molecular weight is 303 g/mol. The van der Waals surface area contributed by atoms with Crippen molar-refractivity contribution in [3.63, 3.8) is 0 Å². The molecule has 22 heavy (non-hydrogen) atoms. The Morgan fingerprint density at radius 2 is 1.68 bits per heavy atom. The molecule has 4 nitrogen and oxygen atoms in total. The molecule has 2 aromatic rings. The SMILES string of the molecule is N#CC1=C(N)NC([S-])=C(C#N)C1c1cccc2ccccc12. The summed E-state index contributed by atoms with van der Waals surface area (Å²) in [6.45, 7) is 0. The van der Waals surface area contributed by atoms with Gasteiger partial charge in [0.2, 0.25) is 0 Å². The summed E-state index contributed by atoms with van der Waals surface area (Å²) < 4.78 is 0. The maximum atomic E-state index is 9.48. The van der Waals surface area contributed by atoms with Crippen molar-refractivity contribution in [1.29, 1.82) is 10.5 Å².